The SMILES string of the molecule is C[C@@H](Cl)C(=O)Nc1cccc(C(N)=O)c1. The monoisotopic (exact) mass is 226 g/mol. The van der Waals surface area contributed by atoms with E-state index in [1.807, 2.05) is 0 Å². The molecular weight excluding hydrogens is 216 g/mol. The average Bonchev–Trinajstić information content (AvgIpc) is 2.18. The molecule has 15 heavy (non-hydrogen) atoms. The Labute approximate surface area is 92.4 Å². The van der Waals surface area contributed by atoms with Gasteiger partial charge in [0.15, 0.2) is 0 Å². The van der Waals surface area contributed by atoms with Gasteiger partial charge in [-0.1, -0.05) is 6.07 Å². The lowest BCUT2D eigenvalue weighted by Crippen LogP contribution is -2.20. The number of benzene rings is 1. The van der Waals surface area contributed by atoms with Gasteiger partial charge >= 0.3 is 0 Å². The summed E-state index contributed by atoms with van der Waals surface area (Å²) < 4.78 is 0. The van der Waals surface area contributed by atoms with E-state index in [0.717, 1.165) is 0 Å². The van der Waals surface area contributed by atoms with Crippen molar-refractivity contribution in [2.24, 2.45) is 5.73 Å². The molecule has 1 aromatic rings. The van der Waals surface area contributed by atoms with Gasteiger partial charge in [-0.15, -0.1) is 11.6 Å². The van der Waals surface area contributed by atoms with Crippen molar-refractivity contribution < 1.29 is 9.59 Å². The molecule has 0 fully saturated rings. The van der Waals surface area contributed by atoms with E-state index in [1.165, 1.54) is 6.07 Å². The molecule has 80 valence electrons. The summed E-state index contributed by atoms with van der Waals surface area (Å²) in [5, 5.41) is 1.94. The Morgan fingerprint density at radius 3 is 2.67 bits per heavy atom. The summed E-state index contributed by atoms with van der Waals surface area (Å²) in [4.78, 5) is 22.1. The molecule has 0 saturated heterocycles. The van der Waals surface area contributed by atoms with Crippen molar-refractivity contribution in [2.75, 3.05) is 5.32 Å². The highest BCUT2D eigenvalue weighted by Crippen LogP contribution is 2.11. The topological polar surface area (TPSA) is 72.2 Å². The second-order valence-corrected chi connectivity index (χ2v) is 3.70. The molecule has 0 aliphatic rings. The maximum absolute atomic E-state index is 11.2. The third kappa shape index (κ3) is 3.25. The highest BCUT2D eigenvalue weighted by atomic mass is 35.5. The van der Waals surface area contributed by atoms with Crippen LogP contribution in [0.2, 0.25) is 0 Å². The maximum atomic E-state index is 11.2. The van der Waals surface area contributed by atoms with Crippen molar-refractivity contribution >= 4 is 29.1 Å². The summed E-state index contributed by atoms with van der Waals surface area (Å²) in [6, 6.07) is 6.36. The van der Waals surface area contributed by atoms with E-state index < -0.39 is 11.3 Å². The average molecular weight is 227 g/mol. The Bertz CT molecular complexity index is 391. The van der Waals surface area contributed by atoms with Crippen LogP contribution in [-0.4, -0.2) is 17.2 Å². The summed E-state index contributed by atoms with van der Waals surface area (Å²) in [6.45, 7) is 1.56. The van der Waals surface area contributed by atoms with Gasteiger partial charge in [-0.05, 0) is 25.1 Å². The minimum atomic E-state index is -0.623. The zero-order chi connectivity index (χ0) is 11.4. The lowest BCUT2D eigenvalue weighted by molar-refractivity contribution is -0.115. The molecule has 0 unspecified atom stereocenters. The first-order valence-corrected chi connectivity index (χ1v) is 4.79. The van der Waals surface area contributed by atoms with E-state index in [4.69, 9.17) is 17.3 Å². The number of anilines is 1. The number of carbonyl (C=O) groups is 2. The fraction of sp³-hybridized carbons (Fsp3) is 0.200. The van der Waals surface area contributed by atoms with E-state index in [0.29, 0.717) is 11.3 Å². The second-order valence-electron chi connectivity index (χ2n) is 3.05. The first kappa shape index (κ1) is 11.5. The van der Waals surface area contributed by atoms with E-state index in [1.54, 1.807) is 25.1 Å². The molecule has 0 saturated carbocycles. The summed E-state index contributed by atoms with van der Waals surface area (Å²) in [7, 11) is 0. The van der Waals surface area contributed by atoms with Crippen LogP contribution in [-0.2, 0) is 4.79 Å². The molecule has 2 amide bonds. The van der Waals surface area contributed by atoms with Crippen LogP contribution in [0.25, 0.3) is 0 Å². The van der Waals surface area contributed by atoms with Gasteiger partial charge in [0.05, 0.1) is 0 Å². The van der Waals surface area contributed by atoms with Gasteiger partial charge < -0.3 is 11.1 Å². The molecule has 0 heterocycles. The third-order valence-electron chi connectivity index (χ3n) is 1.78. The number of amides is 2. The van der Waals surface area contributed by atoms with Gasteiger partial charge in [-0.3, -0.25) is 9.59 Å². The summed E-state index contributed by atoms with van der Waals surface area (Å²) >= 11 is 5.58. The Kier molecular flexibility index (Phi) is 3.68. The number of hydrogen-bond acceptors (Lipinski definition) is 2. The van der Waals surface area contributed by atoms with Crippen LogP contribution in [0.3, 0.4) is 0 Å². The summed E-state index contributed by atoms with van der Waals surface area (Å²) in [5.74, 6) is -0.858. The van der Waals surface area contributed by atoms with E-state index in [9.17, 15) is 9.59 Å². The van der Waals surface area contributed by atoms with E-state index in [-0.39, 0.29) is 5.91 Å². The number of primary amides is 1. The number of alkyl halides is 1. The minimum absolute atomic E-state index is 0.321. The van der Waals surface area contributed by atoms with Crippen molar-refractivity contribution in [1.29, 1.82) is 0 Å². The molecule has 0 spiro atoms. The van der Waals surface area contributed by atoms with Gasteiger partial charge in [0.25, 0.3) is 0 Å². The van der Waals surface area contributed by atoms with E-state index >= 15 is 0 Å². The summed E-state index contributed by atoms with van der Waals surface area (Å²) in [5.41, 5.74) is 5.94. The zero-order valence-electron chi connectivity index (χ0n) is 8.16. The Morgan fingerprint density at radius 2 is 2.13 bits per heavy atom. The van der Waals surface area contributed by atoms with Gasteiger partial charge in [-0.25, -0.2) is 0 Å². The first-order valence-electron chi connectivity index (χ1n) is 4.35. The molecule has 0 aliphatic carbocycles. The molecular formula is C10H11ClN2O2. The fourth-order valence-electron chi connectivity index (χ4n) is 0.992. The lowest BCUT2D eigenvalue weighted by atomic mass is 10.2. The predicted octanol–water partition coefficient (Wildman–Crippen LogP) is 1.35. The Balaban J connectivity index is 2.83. The predicted molar refractivity (Wildman–Crippen MR) is 58.9 cm³/mol. The van der Waals surface area contributed by atoms with Gasteiger partial charge in [-0.2, -0.15) is 0 Å². The Morgan fingerprint density at radius 1 is 1.47 bits per heavy atom. The number of nitrogens with two attached hydrogens (primary N) is 1. The smallest absolute Gasteiger partial charge is 0.248 e. The Hall–Kier alpha value is -1.55. The van der Waals surface area contributed by atoms with E-state index in [2.05, 4.69) is 5.32 Å². The summed E-state index contributed by atoms with van der Waals surface area (Å²) in [6.07, 6.45) is 0. The third-order valence-corrected chi connectivity index (χ3v) is 1.97. The van der Waals surface area contributed by atoms with Gasteiger partial charge in [0.2, 0.25) is 11.8 Å². The van der Waals surface area contributed by atoms with Crippen LogP contribution < -0.4 is 11.1 Å². The molecule has 1 rings (SSSR count). The number of hydrogen-bond donors (Lipinski definition) is 2. The molecule has 3 N–H and O–H groups in total. The molecule has 0 radical (unpaired) electrons. The normalized spacial score (nSPS) is 11.9. The van der Waals surface area contributed by atoms with Crippen LogP contribution in [0.5, 0.6) is 0 Å². The van der Waals surface area contributed by atoms with Crippen LogP contribution in [0.4, 0.5) is 5.69 Å². The highest BCUT2D eigenvalue weighted by Gasteiger charge is 2.09. The van der Waals surface area contributed by atoms with Gasteiger partial charge in [0.1, 0.15) is 5.38 Å². The number of rotatable bonds is 3. The molecule has 1 atom stereocenters. The van der Waals surface area contributed by atoms with Gasteiger partial charge in [0, 0.05) is 11.3 Å². The standard InChI is InChI=1S/C10H11ClN2O2/c1-6(11)10(15)13-8-4-2-3-7(5-8)9(12)14/h2-6H,1H3,(H2,12,14)(H,13,15)/t6-/m1/s1. The molecule has 0 aliphatic heterocycles. The molecule has 1 aromatic carbocycles. The number of carbonyl (C=O) groups excluding carboxylic acids is 2. The molecule has 0 aromatic heterocycles. The van der Waals surface area contributed by atoms with Crippen molar-refractivity contribution in [1.82, 2.24) is 0 Å². The first-order chi connectivity index (χ1) is 7.00. The van der Waals surface area contributed by atoms with Crippen molar-refractivity contribution in [3.63, 3.8) is 0 Å². The van der Waals surface area contributed by atoms with Crippen molar-refractivity contribution in [3.05, 3.63) is 29.8 Å². The van der Waals surface area contributed by atoms with Crippen LogP contribution in [0, 0.1) is 0 Å². The van der Waals surface area contributed by atoms with Crippen molar-refractivity contribution in [3.8, 4) is 0 Å². The quantitative estimate of drug-likeness (QED) is 0.764. The maximum Gasteiger partial charge on any atom is 0.248 e. The minimum Gasteiger partial charge on any atom is -0.366 e. The lowest BCUT2D eigenvalue weighted by Gasteiger charge is -2.06. The highest BCUT2D eigenvalue weighted by molar-refractivity contribution is 6.32. The van der Waals surface area contributed by atoms with Crippen molar-refractivity contribution in [2.45, 2.75) is 12.3 Å². The molecule has 0 bridgehead atoms. The zero-order valence-corrected chi connectivity index (χ0v) is 8.91. The molecule has 5 heteroatoms. The van der Waals surface area contributed by atoms with Crippen LogP contribution >= 0.6 is 11.6 Å². The molecule has 4 nitrogen and oxygen atoms in total. The van der Waals surface area contributed by atoms with Crippen LogP contribution in [0.15, 0.2) is 24.3 Å². The largest absolute Gasteiger partial charge is 0.366 e. The fourth-order valence-corrected chi connectivity index (χ4v) is 1.05. The second kappa shape index (κ2) is 4.79. The number of nitrogens with one attached hydrogen (secondary N) is 1. The van der Waals surface area contributed by atoms with Crippen LogP contribution in [0.1, 0.15) is 17.3 Å². The number of halogens is 1.